The molecule has 4 amide bonds. The monoisotopic (exact) mass is 508 g/mol. The molecule has 0 aliphatic carbocycles. The molecule has 0 aromatic rings. The van der Waals surface area contributed by atoms with Gasteiger partial charge in [-0.1, -0.05) is 6.42 Å². The van der Waals surface area contributed by atoms with Crippen molar-refractivity contribution < 1.29 is 29.1 Å². The summed E-state index contributed by atoms with van der Waals surface area (Å²) >= 11 is 5.49. The second-order valence-corrected chi connectivity index (χ2v) is 8.73. The Morgan fingerprint density at radius 1 is 0.909 bits per heavy atom. The first-order valence-electron chi connectivity index (χ1n) is 10.5. The number of carbonyl (C=O) groups is 5. The van der Waals surface area contributed by atoms with Crippen LogP contribution in [-0.2, 0) is 24.0 Å². The summed E-state index contributed by atoms with van der Waals surface area (Å²) in [6.45, 7) is 0.463. The summed E-state index contributed by atoms with van der Waals surface area (Å²) < 4.78 is 0. The normalized spacial score (nSPS) is 14.4. The van der Waals surface area contributed by atoms with Crippen molar-refractivity contribution in [2.75, 3.05) is 24.3 Å². The Morgan fingerprint density at radius 2 is 1.48 bits per heavy atom. The number of hydrogen-bond acceptors (Lipinski definition) is 9. The molecule has 4 unspecified atom stereocenters. The van der Waals surface area contributed by atoms with Crippen LogP contribution in [0.25, 0.3) is 0 Å². The second kappa shape index (κ2) is 17.4. The molecule has 0 aromatic carbocycles. The summed E-state index contributed by atoms with van der Waals surface area (Å²) in [6.07, 6.45) is 3.41. The minimum absolute atomic E-state index is 0.102. The Morgan fingerprint density at radius 3 is 2.00 bits per heavy atom. The molecule has 0 heterocycles. The van der Waals surface area contributed by atoms with Crippen LogP contribution in [0.15, 0.2) is 0 Å². The zero-order valence-electron chi connectivity index (χ0n) is 18.7. The minimum atomic E-state index is -1.20. The van der Waals surface area contributed by atoms with Gasteiger partial charge >= 0.3 is 5.97 Å². The second-order valence-electron chi connectivity index (χ2n) is 7.38. The predicted molar refractivity (Wildman–Crippen MR) is 130 cm³/mol. The van der Waals surface area contributed by atoms with Crippen LogP contribution < -0.4 is 33.2 Å². The molecule has 0 saturated carbocycles. The zero-order valence-corrected chi connectivity index (χ0v) is 20.5. The van der Waals surface area contributed by atoms with E-state index < -0.39 is 53.8 Å². The van der Waals surface area contributed by atoms with Gasteiger partial charge in [-0.15, -0.1) is 0 Å². The fourth-order valence-corrected chi connectivity index (χ4v) is 3.43. The first-order chi connectivity index (χ1) is 15.6. The summed E-state index contributed by atoms with van der Waals surface area (Å²) in [4.78, 5) is 60.2. The number of amides is 4. The Labute approximate surface area is 203 Å². The molecule has 14 heteroatoms. The van der Waals surface area contributed by atoms with E-state index in [-0.39, 0.29) is 25.0 Å². The van der Waals surface area contributed by atoms with Crippen molar-refractivity contribution in [3.8, 4) is 0 Å². The van der Waals surface area contributed by atoms with Gasteiger partial charge in [-0.2, -0.15) is 24.4 Å². The number of nitrogens with one attached hydrogen (secondary N) is 3. The summed E-state index contributed by atoms with van der Waals surface area (Å²) in [6, 6.07) is -4.34. The molecule has 12 nitrogen and oxygen atoms in total. The van der Waals surface area contributed by atoms with Crippen LogP contribution in [0.4, 0.5) is 0 Å². The maximum absolute atomic E-state index is 12.8. The highest BCUT2D eigenvalue weighted by atomic mass is 32.2. The fraction of sp³-hybridized carbons (Fsp3) is 0.737. The number of carboxylic acid groups (broad SMARTS) is 1. The Balaban J connectivity index is 5.20. The SMILES string of the molecule is CSCCC(NC(=O)C(CS)NC(=O)C(CCC(N)=O)NC(=O)C(N)CCCCN)C(=O)O. The Hall–Kier alpha value is -2.03. The van der Waals surface area contributed by atoms with Crippen molar-refractivity contribution in [3.05, 3.63) is 0 Å². The molecular formula is C19H36N6O6S2. The van der Waals surface area contributed by atoms with E-state index >= 15 is 0 Å². The van der Waals surface area contributed by atoms with Crippen LogP contribution in [0.3, 0.4) is 0 Å². The summed E-state index contributed by atoms with van der Waals surface area (Å²) in [5.41, 5.74) is 16.4. The molecule has 4 atom stereocenters. The van der Waals surface area contributed by atoms with Crippen LogP contribution in [0.1, 0.15) is 38.5 Å². The number of rotatable bonds is 18. The minimum Gasteiger partial charge on any atom is -0.480 e. The highest BCUT2D eigenvalue weighted by Crippen LogP contribution is 2.05. The summed E-state index contributed by atoms with van der Waals surface area (Å²) in [7, 11) is 0. The van der Waals surface area contributed by atoms with E-state index in [4.69, 9.17) is 17.2 Å². The average Bonchev–Trinajstić information content (AvgIpc) is 2.76. The molecule has 0 bridgehead atoms. The van der Waals surface area contributed by atoms with Crippen molar-refractivity contribution >= 4 is 54.0 Å². The summed E-state index contributed by atoms with van der Waals surface area (Å²) in [5, 5.41) is 16.6. The number of carbonyl (C=O) groups excluding carboxylic acids is 4. The third kappa shape index (κ3) is 13.3. The smallest absolute Gasteiger partial charge is 0.326 e. The van der Waals surface area contributed by atoms with Gasteiger partial charge in [0.2, 0.25) is 23.6 Å². The van der Waals surface area contributed by atoms with E-state index in [1.807, 2.05) is 6.26 Å². The van der Waals surface area contributed by atoms with Crippen LogP contribution in [0.5, 0.6) is 0 Å². The van der Waals surface area contributed by atoms with Crippen LogP contribution in [-0.4, -0.2) is 83.2 Å². The molecule has 0 rings (SSSR count). The number of hydrogen-bond donors (Lipinski definition) is 8. The van der Waals surface area contributed by atoms with Gasteiger partial charge in [0, 0.05) is 12.2 Å². The van der Waals surface area contributed by atoms with Crippen LogP contribution >= 0.6 is 24.4 Å². The first-order valence-corrected chi connectivity index (χ1v) is 12.6. The highest BCUT2D eigenvalue weighted by Gasteiger charge is 2.29. The molecule has 0 spiro atoms. The number of thioether (sulfide) groups is 1. The molecule has 0 aliphatic rings. The van der Waals surface area contributed by atoms with E-state index in [1.54, 1.807) is 0 Å². The number of primary amides is 1. The van der Waals surface area contributed by atoms with E-state index in [2.05, 4.69) is 28.6 Å². The third-order valence-corrected chi connectivity index (χ3v) is 5.67. The maximum atomic E-state index is 12.8. The molecule has 0 aliphatic heterocycles. The number of thiol groups is 1. The number of nitrogens with two attached hydrogens (primary N) is 3. The maximum Gasteiger partial charge on any atom is 0.326 e. The molecule has 0 fully saturated rings. The van der Waals surface area contributed by atoms with Gasteiger partial charge in [0.25, 0.3) is 0 Å². The molecule has 0 aromatic heterocycles. The van der Waals surface area contributed by atoms with Crippen LogP contribution in [0.2, 0.25) is 0 Å². The lowest BCUT2D eigenvalue weighted by Crippen LogP contribution is -2.57. The van der Waals surface area contributed by atoms with Gasteiger partial charge < -0.3 is 38.3 Å². The first kappa shape index (κ1) is 31.0. The number of carboxylic acids is 1. The van der Waals surface area contributed by atoms with Gasteiger partial charge in [-0.3, -0.25) is 19.2 Å². The standard InChI is InChI=1S/C19H36N6O6S2/c1-33-9-7-13(19(30)31)24-18(29)14(10-32)25-17(28)12(5-6-15(22)26)23-16(27)11(21)4-2-3-8-20/h11-14,32H,2-10,20-21H2,1H3,(H2,22,26)(H,23,27)(H,24,29)(H,25,28)(H,30,31). The molecular weight excluding hydrogens is 472 g/mol. The van der Waals surface area contributed by atoms with Crippen molar-refractivity contribution in [1.82, 2.24) is 16.0 Å². The zero-order chi connectivity index (χ0) is 25.4. The third-order valence-electron chi connectivity index (χ3n) is 4.66. The highest BCUT2D eigenvalue weighted by molar-refractivity contribution is 7.98. The van der Waals surface area contributed by atoms with Gasteiger partial charge in [0.1, 0.15) is 18.1 Å². The van der Waals surface area contributed by atoms with Crippen molar-refractivity contribution in [2.24, 2.45) is 17.2 Å². The van der Waals surface area contributed by atoms with E-state index in [0.29, 0.717) is 31.6 Å². The topological polar surface area (TPSA) is 220 Å². The lowest BCUT2D eigenvalue weighted by atomic mass is 10.1. The molecule has 0 radical (unpaired) electrons. The average molecular weight is 509 g/mol. The molecule has 10 N–H and O–H groups in total. The van der Waals surface area contributed by atoms with Crippen molar-refractivity contribution in [2.45, 2.75) is 62.7 Å². The fourth-order valence-electron chi connectivity index (χ4n) is 2.71. The quantitative estimate of drug-likeness (QED) is 0.0751. The van der Waals surface area contributed by atoms with Gasteiger partial charge in [0.05, 0.1) is 6.04 Å². The Bertz CT molecular complexity index is 669. The Kier molecular flexibility index (Phi) is 16.4. The molecule has 0 saturated heterocycles. The van der Waals surface area contributed by atoms with Gasteiger partial charge in [0.15, 0.2) is 0 Å². The lowest BCUT2D eigenvalue weighted by molar-refractivity contribution is -0.142. The summed E-state index contributed by atoms with van der Waals surface area (Å²) in [5.74, 6) is -3.54. The van der Waals surface area contributed by atoms with E-state index in [9.17, 15) is 29.1 Å². The number of unbranched alkanes of at least 4 members (excludes halogenated alkanes) is 1. The molecule has 33 heavy (non-hydrogen) atoms. The number of aliphatic carboxylic acids is 1. The van der Waals surface area contributed by atoms with Crippen LogP contribution in [0, 0.1) is 0 Å². The van der Waals surface area contributed by atoms with E-state index in [0.717, 1.165) is 0 Å². The predicted octanol–water partition coefficient (Wildman–Crippen LogP) is -2.07. The lowest BCUT2D eigenvalue weighted by Gasteiger charge is -2.24. The van der Waals surface area contributed by atoms with Gasteiger partial charge in [-0.05, 0) is 44.2 Å². The van der Waals surface area contributed by atoms with E-state index in [1.165, 1.54) is 11.8 Å². The van der Waals surface area contributed by atoms with Crippen molar-refractivity contribution in [3.63, 3.8) is 0 Å². The van der Waals surface area contributed by atoms with Gasteiger partial charge in [-0.25, -0.2) is 4.79 Å². The largest absolute Gasteiger partial charge is 0.480 e. The van der Waals surface area contributed by atoms with Crippen molar-refractivity contribution in [1.29, 1.82) is 0 Å². The molecule has 190 valence electrons.